The van der Waals surface area contributed by atoms with Crippen molar-refractivity contribution in [3.8, 4) is 0 Å². The number of ether oxygens (including phenoxy) is 2. The third kappa shape index (κ3) is 6.31. The summed E-state index contributed by atoms with van der Waals surface area (Å²) in [5.41, 5.74) is 0.473. The number of thiazole rings is 1. The molecule has 0 amide bonds. The summed E-state index contributed by atoms with van der Waals surface area (Å²) in [4.78, 5) is 38.8. The molecular formula is C28H33ClFN5O5S. The van der Waals surface area contributed by atoms with Crippen LogP contribution in [0, 0.1) is 11.2 Å². The number of rotatable bonds is 9. The number of esters is 1. The van der Waals surface area contributed by atoms with Gasteiger partial charge in [-0.2, -0.15) is 0 Å². The number of amidine groups is 1. The van der Waals surface area contributed by atoms with Crippen molar-refractivity contribution in [3.63, 3.8) is 0 Å². The van der Waals surface area contributed by atoms with E-state index in [9.17, 15) is 19.1 Å². The van der Waals surface area contributed by atoms with E-state index in [0.717, 1.165) is 0 Å². The van der Waals surface area contributed by atoms with Crippen molar-refractivity contribution in [3.05, 3.63) is 62.5 Å². The monoisotopic (exact) mass is 605 g/mol. The SMILES string of the molecule is CCOC(=O)C1=C(CN2CCO[C@H]3CN(CC(C)(C)C(=O)O)C[C@H]32)NC(c2nccs2)=N[C@H]1c1ccc(F)cc1Cl. The zero-order valence-electron chi connectivity index (χ0n) is 23.1. The molecule has 2 N–H and O–H groups in total. The topological polar surface area (TPSA) is 117 Å². The van der Waals surface area contributed by atoms with Gasteiger partial charge in [0.1, 0.15) is 11.9 Å². The number of carboxylic acid groups (broad SMARTS) is 1. The van der Waals surface area contributed by atoms with Gasteiger partial charge in [-0.15, -0.1) is 11.3 Å². The van der Waals surface area contributed by atoms with Crippen LogP contribution in [0.1, 0.15) is 37.4 Å². The van der Waals surface area contributed by atoms with E-state index in [1.807, 2.05) is 5.38 Å². The van der Waals surface area contributed by atoms with Crippen molar-refractivity contribution in [2.24, 2.45) is 10.4 Å². The van der Waals surface area contributed by atoms with E-state index < -0.39 is 29.2 Å². The number of morpholine rings is 1. The first-order valence-corrected chi connectivity index (χ1v) is 14.7. The van der Waals surface area contributed by atoms with Crippen molar-refractivity contribution >= 4 is 40.7 Å². The molecule has 1 aromatic carbocycles. The third-order valence-corrected chi connectivity index (χ3v) is 8.67. The molecule has 0 radical (unpaired) electrons. The van der Waals surface area contributed by atoms with Gasteiger partial charge in [-0.25, -0.2) is 14.2 Å². The Hall–Kier alpha value is -2.90. The number of halogens is 2. The van der Waals surface area contributed by atoms with Crippen LogP contribution in [0.25, 0.3) is 0 Å². The fourth-order valence-electron chi connectivity index (χ4n) is 5.56. The lowest BCUT2D eigenvalue weighted by atomic mass is 9.93. The molecule has 41 heavy (non-hydrogen) atoms. The summed E-state index contributed by atoms with van der Waals surface area (Å²) in [6, 6.07) is 3.18. The van der Waals surface area contributed by atoms with Crippen molar-refractivity contribution < 1.29 is 28.6 Å². The number of benzene rings is 1. The van der Waals surface area contributed by atoms with E-state index in [2.05, 4.69) is 20.1 Å². The van der Waals surface area contributed by atoms with Gasteiger partial charge in [0.05, 0.1) is 36.3 Å². The molecule has 0 saturated carbocycles. The third-order valence-electron chi connectivity index (χ3n) is 7.56. The van der Waals surface area contributed by atoms with Gasteiger partial charge < -0.3 is 19.9 Å². The van der Waals surface area contributed by atoms with Gasteiger partial charge in [0.25, 0.3) is 0 Å². The number of aliphatic imine (C=N–C) groups is 1. The predicted molar refractivity (Wildman–Crippen MR) is 153 cm³/mol. The molecule has 2 aromatic rings. The highest BCUT2D eigenvalue weighted by Crippen LogP contribution is 2.37. The van der Waals surface area contributed by atoms with E-state index in [1.54, 1.807) is 27.0 Å². The van der Waals surface area contributed by atoms with Crippen molar-refractivity contribution in [2.75, 3.05) is 45.9 Å². The van der Waals surface area contributed by atoms with Gasteiger partial charge in [-0.05, 0) is 32.9 Å². The average molecular weight is 606 g/mol. The second-order valence-corrected chi connectivity index (χ2v) is 12.3. The summed E-state index contributed by atoms with van der Waals surface area (Å²) in [6.45, 7) is 8.46. The van der Waals surface area contributed by atoms with Crippen LogP contribution in [0.15, 0.2) is 46.0 Å². The molecular weight excluding hydrogens is 573 g/mol. The van der Waals surface area contributed by atoms with Crippen LogP contribution in [0.5, 0.6) is 0 Å². The second-order valence-electron chi connectivity index (χ2n) is 11.0. The highest BCUT2D eigenvalue weighted by atomic mass is 35.5. The maximum Gasteiger partial charge on any atom is 0.338 e. The Labute approximate surface area is 246 Å². The lowest BCUT2D eigenvalue weighted by Gasteiger charge is -2.38. The molecule has 13 heteroatoms. The van der Waals surface area contributed by atoms with Gasteiger partial charge in [0.2, 0.25) is 0 Å². The van der Waals surface area contributed by atoms with E-state index >= 15 is 0 Å². The summed E-state index contributed by atoms with van der Waals surface area (Å²) < 4.78 is 25.6. The number of aliphatic carboxylic acids is 1. The first-order chi connectivity index (χ1) is 19.6. The number of aromatic nitrogens is 1. The number of nitrogens with one attached hydrogen (secondary N) is 1. The van der Waals surface area contributed by atoms with Crippen LogP contribution in [-0.2, 0) is 19.1 Å². The highest BCUT2D eigenvalue weighted by molar-refractivity contribution is 7.11. The number of likely N-dealkylation sites (tertiary alicyclic amines) is 1. The van der Waals surface area contributed by atoms with Crippen LogP contribution >= 0.6 is 22.9 Å². The largest absolute Gasteiger partial charge is 0.481 e. The van der Waals surface area contributed by atoms with Crippen molar-refractivity contribution in [1.29, 1.82) is 0 Å². The molecule has 5 rings (SSSR count). The highest BCUT2D eigenvalue weighted by Gasteiger charge is 2.44. The minimum atomic E-state index is -0.899. The maximum absolute atomic E-state index is 14.0. The standard InChI is InChI=1S/C28H33ClFN5O5S/c1-4-39-26(36)22-19(12-35-8-9-40-21-14-34(13-20(21)35)15-28(2,3)27(37)38)32-24(25-31-7-10-41-25)33-23(22)17-6-5-16(30)11-18(17)29/h5-7,10-11,20-21,23H,4,8-9,12-15H2,1-3H3,(H,32,33)(H,37,38)/t20-,21+,23+/m1/s1. The number of hydrogen-bond acceptors (Lipinski definition) is 10. The Balaban J connectivity index is 1.50. The maximum atomic E-state index is 14.0. The molecule has 220 valence electrons. The molecule has 2 saturated heterocycles. The second kappa shape index (κ2) is 12.1. The fraction of sp³-hybridized carbons (Fsp3) is 0.500. The summed E-state index contributed by atoms with van der Waals surface area (Å²) >= 11 is 7.89. The molecule has 3 aliphatic heterocycles. The van der Waals surface area contributed by atoms with Gasteiger partial charge in [-0.3, -0.25) is 19.6 Å². The molecule has 0 aliphatic carbocycles. The summed E-state index contributed by atoms with van der Waals surface area (Å²) in [5.74, 6) is -1.40. The minimum Gasteiger partial charge on any atom is -0.481 e. The Morgan fingerprint density at radius 1 is 1.34 bits per heavy atom. The average Bonchev–Trinajstić information content (AvgIpc) is 3.59. The lowest BCUT2D eigenvalue weighted by molar-refractivity contribution is -0.148. The predicted octanol–water partition coefficient (Wildman–Crippen LogP) is 3.34. The minimum absolute atomic E-state index is 0.0128. The molecule has 1 aromatic heterocycles. The molecule has 0 spiro atoms. The van der Waals surface area contributed by atoms with Crippen LogP contribution in [0.2, 0.25) is 5.02 Å². The van der Waals surface area contributed by atoms with Crippen LogP contribution < -0.4 is 5.32 Å². The number of nitrogens with zero attached hydrogens (tertiary/aromatic N) is 4. The van der Waals surface area contributed by atoms with Crippen molar-refractivity contribution in [1.82, 2.24) is 20.1 Å². The molecule has 2 fully saturated rings. The molecule has 3 atom stereocenters. The fourth-order valence-corrected chi connectivity index (χ4v) is 6.41. The Kier molecular flexibility index (Phi) is 8.76. The van der Waals surface area contributed by atoms with E-state index in [0.29, 0.717) is 67.0 Å². The Morgan fingerprint density at radius 2 is 2.15 bits per heavy atom. The molecule has 0 bridgehead atoms. The zero-order chi connectivity index (χ0) is 29.3. The van der Waals surface area contributed by atoms with Gasteiger partial charge in [0, 0.05) is 60.6 Å². The first-order valence-electron chi connectivity index (χ1n) is 13.5. The normalized spacial score (nSPS) is 23.6. The van der Waals surface area contributed by atoms with E-state index in [1.165, 1.54) is 29.5 Å². The molecule has 10 nitrogen and oxygen atoms in total. The summed E-state index contributed by atoms with van der Waals surface area (Å²) in [6.07, 6.45) is 1.57. The van der Waals surface area contributed by atoms with Gasteiger partial charge >= 0.3 is 11.9 Å². The van der Waals surface area contributed by atoms with Crippen LogP contribution in [0.3, 0.4) is 0 Å². The van der Waals surface area contributed by atoms with Gasteiger partial charge in [-0.1, -0.05) is 17.7 Å². The van der Waals surface area contributed by atoms with Crippen LogP contribution in [0.4, 0.5) is 4.39 Å². The molecule has 4 heterocycles. The Bertz CT molecular complexity index is 1370. The molecule has 0 unspecified atom stereocenters. The number of carbonyl (C=O) groups is 2. The van der Waals surface area contributed by atoms with E-state index in [-0.39, 0.29) is 23.8 Å². The quantitative estimate of drug-likeness (QED) is 0.415. The Morgan fingerprint density at radius 3 is 2.83 bits per heavy atom. The summed E-state index contributed by atoms with van der Waals surface area (Å²) in [5, 5.41) is 15.6. The summed E-state index contributed by atoms with van der Waals surface area (Å²) in [7, 11) is 0. The number of carbonyl (C=O) groups excluding carboxylic acids is 1. The lowest BCUT2D eigenvalue weighted by Crippen LogP contribution is -2.53. The van der Waals surface area contributed by atoms with Crippen molar-refractivity contribution in [2.45, 2.75) is 39.0 Å². The smallest absolute Gasteiger partial charge is 0.338 e. The van der Waals surface area contributed by atoms with Crippen LogP contribution in [-0.4, -0.2) is 95.7 Å². The zero-order valence-corrected chi connectivity index (χ0v) is 24.7. The number of carboxylic acids is 1. The number of fused-ring (bicyclic) bond motifs is 1. The first kappa shape index (κ1) is 29.6. The number of hydrogen-bond donors (Lipinski definition) is 2. The van der Waals surface area contributed by atoms with E-state index in [4.69, 9.17) is 26.1 Å². The molecule has 3 aliphatic rings. The van der Waals surface area contributed by atoms with Gasteiger partial charge in [0.15, 0.2) is 10.8 Å².